The van der Waals surface area contributed by atoms with E-state index in [1.807, 2.05) is 16.7 Å². The van der Waals surface area contributed by atoms with Crippen molar-refractivity contribution >= 4 is 34.0 Å². The summed E-state index contributed by atoms with van der Waals surface area (Å²) in [7, 11) is 0. The molecular formula is C26H22ClF2N3OS. The van der Waals surface area contributed by atoms with Crippen LogP contribution in [0.15, 0.2) is 42.5 Å². The lowest BCUT2D eigenvalue weighted by Gasteiger charge is -2.23. The highest BCUT2D eigenvalue weighted by Gasteiger charge is 2.22. The largest absolute Gasteiger partial charge is 0.487 e. The van der Waals surface area contributed by atoms with E-state index in [-0.39, 0.29) is 6.61 Å². The van der Waals surface area contributed by atoms with Gasteiger partial charge in [0.1, 0.15) is 29.1 Å². The van der Waals surface area contributed by atoms with Crippen molar-refractivity contribution in [1.29, 1.82) is 5.26 Å². The van der Waals surface area contributed by atoms with Crippen LogP contribution in [0.4, 0.5) is 8.78 Å². The number of aromatic nitrogens is 2. The quantitative estimate of drug-likeness (QED) is 0.274. The molecule has 4 aromatic rings. The second-order valence-corrected chi connectivity index (χ2v) is 10.2. The summed E-state index contributed by atoms with van der Waals surface area (Å²) in [5.41, 5.74) is 1.68. The molecule has 1 aliphatic rings. The number of rotatable bonds is 6. The SMILES string of the molecule is N#Cc1ccc(COc2cc(Cl)ccc2-c2nc3cc(F)c(F)cc3n2CC2CCCCC2)s1. The van der Waals surface area contributed by atoms with Gasteiger partial charge in [-0.15, -0.1) is 11.3 Å². The molecule has 0 atom stereocenters. The molecule has 2 heterocycles. The van der Waals surface area contributed by atoms with Crippen molar-refractivity contribution in [3.05, 3.63) is 68.9 Å². The number of hydrogen-bond acceptors (Lipinski definition) is 4. The van der Waals surface area contributed by atoms with Crippen molar-refractivity contribution in [2.24, 2.45) is 5.92 Å². The molecule has 1 aliphatic carbocycles. The monoisotopic (exact) mass is 497 g/mol. The molecular weight excluding hydrogens is 476 g/mol. The van der Waals surface area contributed by atoms with Crippen molar-refractivity contribution in [2.45, 2.75) is 45.3 Å². The first kappa shape index (κ1) is 22.8. The Morgan fingerprint density at radius 3 is 2.65 bits per heavy atom. The Kier molecular flexibility index (Phi) is 6.53. The Balaban J connectivity index is 1.57. The standard InChI is InChI=1S/C26H22ClF2N3OS/c27-17-6-9-20(25(10-17)33-15-19-8-7-18(13-30)34-19)26-31-23-11-21(28)22(29)12-24(23)32(26)14-16-4-2-1-3-5-16/h6-12,16H,1-5,14-15H2. The Bertz CT molecular complexity index is 1380. The minimum atomic E-state index is -0.917. The van der Waals surface area contributed by atoms with Crippen molar-refractivity contribution in [1.82, 2.24) is 9.55 Å². The third-order valence-electron chi connectivity index (χ3n) is 6.28. The van der Waals surface area contributed by atoms with Gasteiger partial charge in [-0.25, -0.2) is 13.8 Å². The second kappa shape index (κ2) is 9.73. The first-order chi connectivity index (χ1) is 16.5. The Morgan fingerprint density at radius 2 is 1.88 bits per heavy atom. The molecule has 1 saturated carbocycles. The van der Waals surface area contributed by atoms with Gasteiger partial charge in [0.15, 0.2) is 11.6 Å². The van der Waals surface area contributed by atoms with Crippen LogP contribution in [0.1, 0.15) is 41.9 Å². The van der Waals surface area contributed by atoms with Crippen LogP contribution in [0.3, 0.4) is 0 Å². The van der Waals surface area contributed by atoms with Crippen LogP contribution in [-0.4, -0.2) is 9.55 Å². The normalized spacial score (nSPS) is 14.4. The third-order valence-corrected chi connectivity index (χ3v) is 7.48. The highest BCUT2D eigenvalue weighted by molar-refractivity contribution is 7.12. The van der Waals surface area contributed by atoms with Gasteiger partial charge < -0.3 is 9.30 Å². The molecule has 0 bridgehead atoms. The molecule has 0 N–H and O–H groups in total. The molecule has 2 aromatic heterocycles. The van der Waals surface area contributed by atoms with Crippen LogP contribution in [0.5, 0.6) is 5.75 Å². The van der Waals surface area contributed by atoms with Gasteiger partial charge in [-0.1, -0.05) is 30.9 Å². The molecule has 174 valence electrons. The highest BCUT2D eigenvalue weighted by Crippen LogP contribution is 2.37. The van der Waals surface area contributed by atoms with Crippen LogP contribution in [0.2, 0.25) is 5.02 Å². The Hall–Kier alpha value is -2.95. The fourth-order valence-electron chi connectivity index (χ4n) is 4.60. The minimum Gasteiger partial charge on any atom is -0.487 e. The maximum atomic E-state index is 14.2. The van der Waals surface area contributed by atoms with E-state index in [9.17, 15) is 8.78 Å². The maximum Gasteiger partial charge on any atom is 0.161 e. The Morgan fingerprint density at radius 1 is 1.09 bits per heavy atom. The van der Waals surface area contributed by atoms with E-state index < -0.39 is 11.6 Å². The van der Waals surface area contributed by atoms with Gasteiger partial charge in [0.2, 0.25) is 0 Å². The summed E-state index contributed by atoms with van der Waals surface area (Å²) in [6.07, 6.45) is 5.80. The number of ether oxygens (including phenoxy) is 1. The zero-order valence-corrected chi connectivity index (χ0v) is 19.9. The second-order valence-electron chi connectivity index (χ2n) is 8.61. The molecule has 2 aromatic carbocycles. The van der Waals surface area contributed by atoms with Crippen molar-refractivity contribution < 1.29 is 13.5 Å². The summed E-state index contributed by atoms with van der Waals surface area (Å²) >= 11 is 7.65. The molecule has 34 heavy (non-hydrogen) atoms. The molecule has 0 saturated heterocycles. The van der Waals surface area contributed by atoms with E-state index in [1.54, 1.807) is 18.2 Å². The van der Waals surface area contributed by atoms with Gasteiger partial charge in [-0.2, -0.15) is 5.26 Å². The van der Waals surface area contributed by atoms with E-state index in [0.29, 0.717) is 50.5 Å². The highest BCUT2D eigenvalue weighted by atomic mass is 35.5. The van der Waals surface area contributed by atoms with Crippen molar-refractivity contribution in [2.75, 3.05) is 0 Å². The average molecular weight is 498 g/mol. The summed E-state index contributed by atoms with van der Waals surface area (Å²) < 4.78 is 36.4. The number of fused-ring (bicyclic) bond motifs is 1. The van der Waals surface area contributed by atoms with E-state index in [2.05, 4.69) is 6.07 Å². The molecule has 0 aliphatic heterocycles. The fraction of sp³-hybridized carbons (Fsp3) is 0.308. The molecule has 5 rings (SSSR count). The molecule has 4 nitrogen and oxygen atoms in total. The van der Waals surface area contributed by atoms with Crippen LogP contribution in [0.25, 0.3) is 22.4 Å². The number of thiophene rings is 1. The topological polar surface area (TPSA) is 50.8 Å². The summed E-state index contributed by atoms with van der Waals surface area (Å²) in [5.74, 6) is -0.228. The van der Waals surface area contributed by atoms with Gasteiger partial charge in [0, 0.05) is 28.6 Å². The molecule has 0 amide bonds. The predicted octanol–water partition coefficient (Wildman–Crippen LogP) is 7.73. The summed E-state index contributed by atoms with van der Waals surface area (Å²) in [6, 6.07) is 13.4. The van der Waals surface area contributed by atoms with E-state index in [0.717, 1.165) is 23.8 Å². The lowest BCUT2D eigenvalue weighted by Crippen LogP contribution is -2.15. The van der Waals surface area contributed by atoms with Crippen LogP contribution in [-0.2, 0) is 13.2 Å². The average Bonchev–Trinajstić information content (AvgIpc) is 3.44. The number of benzene rings is 2. The number of imidazole rings is 1. The molecule has 0 spiro atoms. The van der Waals surface area contributed by atoms with Crippen LogP contribution < -0.4 is 4.74 Å². The first-order valence-corrected chi connectivity index (χ1v) is 12.5. The first-order valence-electron chi connectivity index (χ1n) is 11.3. The van der Waals surface area contributed by atoms with Crippen LogP contribution in [0, 0.1) is 28.9 Å². The van der Waals surface area contributed by atoms with Gasteiger partial charge in [-0.05, 0) is 49.1 Å². The number of hydrogen-bond donors (Lipinski definition) is 0. The summed E-state index contributed by atoms with van der Waals surface area (Å²) in [6.45, 7) is 0.946. The number of nitrogens with zero attached hydrogens (tertiary/aromatic N) is 3. The van der Waals surface area contributed by atoms with Crippen molar-refractivity contribution in [3.63, 3.8) is 0 Å². The molecule has 1 fully saturated rings. The van der Waals surface area contributed by atoms with Gasteiger partial charge in [0.25, 0.3) is 0 Å². The smallest absolute Gasteiger partial charge is 0.161 e. The lowest BCUT2D eigenvalue weighted by molar-refractivity contribution is 0.309. The van der Waals surface area contributed by atoms with Gasteiger partial charge in [-0.3, -0.25) is 0 Å². The maximum absolute atomic E-state index is 14.2. The van der Waals surface area contributed by atoms with Gasteiger partial charge in [0.05, 0.1) is 16.6 Å². The lowest BCUT2D eigenvalue weighted by atomic mass is 9.89. The van der Waals surface area contributed by atoms with Crippen LogP contribution >= 0.6 is 22.9 Å². The van der Waals surface area contributed by atoms with E-state index in [1.165, 1.54) is 36.7 Å². The van der Waals surface area contributed by atoms with E-state index >= 15 is 0 Å². The molecule has 0 radical (unpaired) electrons. The minimum absolute atomic E-state index is 0.270. The zero-order chi connectivity index (χ0) is 23.7. The van der Waals surface area contributed by atoms with Crippen molar-refractivity contribution in [3.8, 4) is 23.2 Å². The summed E-state index contributed by atoms with van der Waals surface area (Å²) in [4.78, 5) is 6.22. The third kappa shape index (κ3) is 4.66. The number of nitriles is 1. The van der Waals surface area contributed by atoms with Gasteiger partial charge >= 0.3 is 0 Å². The molecule has 8 heteroatoms. The molecule has 0 unspecified atom stereocenters. The van der Waals surface area contributed by atoms with E-state index in [4.69, 9.17) is 26.6 Å². The Labute approximate surface area is 205 Å². The predicted molar refractivity (Wildman–Crippen MR) is 130 cm³/mol. The zero-order valence-electron chi connectivity index (χ0n) is 18.4. The number of halogens is 3. The fourth-order valence-corrected chi connectivity index (χ4v) is 5.48. The summed E-state index contributed by atoms with van der Waals surface area (Å²) in [5, 5.41) is 9.59.